The van der Waals surface area contributed by atoms with Crippen molar-refractivity contribution in [2.24, 2.45) is 0 Å². The summed E-state index contributed by atoms with van der Waals surface area (Å²) in [5, 5.41) is 2.94. The van der Waals surface area contributed by atoms with Gasteiger partial charge in [-0.2, -0.15) is 0 Å². The number of carbonyl (C=O) groups excluding carboxylic acids is 1. The number of nitrogens with one attached hydrogen (secondary N) is 1. The van der Waals surface area contributed by atoms with Crippen molar-refractivity contribution in [3.05, 3.63) is 34.6 Å². The summed E-state index contributed by atoms with van der Waals surface area (Å²) in [6, 6.07) is 4.95. The van der Waals surface area contributed by atoms with E-state index in [4.69, 9.17) is 11.6 Å². The molecule has 80 valence electrons. The van der Waals surface area contributed by atoms with Gasteiger partial charge in [0.15, 0.2) is 0 Å². The predicted molar refractivity (Wildman–Crippen MR) is 56.4 cm³/mol. The summed E-state index contributed by atoms with van der Waals surface area (Å²) in [7, 11) is 0. The molecule has 1 fully saturated rings. The molecule has 0 unspecified atom stereocenters. The summed E-state index contributed by atoms with van der Waals surface area (Å²) in [6.07, 6.45) is 0.876. The van der Waals surface area contributed by atoms with Gasteiger partial charge in [0.1, 0.15) is 5.82 Å². The van der Waals surface area contributed by atoms with Gasteiger partial charge < -0.3 is 5.32 Å². The van der Waals surface area contributed by atoms with Gasteiger partial charge in [-0.25, -0.2) is 4.39 Å². The first-order valence-electron chi connectivity index (χ1n) is 4.80. The van der Waals surface area contributed by atoms with E-state index in [0.29, 0.717) is 0 Å². The Labute approximate surface area is 92.4 Å². The highest BCUT2D eigenvalue weighted by atomic mass is 35.5. The van der Waals surface area contributed by atoms with Crippen LogP contribution in [0.2, 0.25) is 5.02 Å². The van der Waals surface area contributed by atoms with Crippen LogP contribution >= 0.6 is 11.6 Å². The molecule has 0 radical (unpaired) electrons. The zero-order valence-electron chi connectivity index (χ0n) is 8.26. The summed E-state index contributed by atoms with van der Waals surface area (Å²) in [5.41, 5.74) is 0.899. The number of benzene rings is 1. The zero-order chi connectivity index (χ0) is 11.0. The molecule has 1 aliphatic carbocycles. The summed E-state index contributed by atoms with van der Waals surface area (Å²) < 4.78 is 13.1. The summed E-state index contributed by atoms with van der Waals surface area (Å²) >= 11 is 5.58. The molecule has 15 heavy (non-hydrogen) atoms. The van der Waals surface area contributed by atoms with E-state index < -0.39 is 5.82 Å². The molecule has 2 nitrogen and oxygen atoms in total. The van der Waals surface area contributed by atoms with Gasteiger partial charge in [0.05, 0.1) is 5.02 Å². The lowest BCUT2D eigenvalue weighted by Gasteiger charge is -2.02. The van der Waals surface area contributed by atoms with E-state index in [9.17, 15) is 9.18 Å². The number of rotatable bonds is 2. The van der Waals surface area contributed by atoms with E-state index in [1.165, 1.54) is 13.0 Å². The molecule has 0 heterocycles. The molecular weight excluding hydrogens is 217 g/mol. The smallest absolute Gasteiger partial charge is 0.217 e. The van der Waals surface area contributed by atoms with Crippen LogP contribution < -0.4 is 5.32 Å². The van der Waals surface area contributed by atoms with E-state index in [2.05, 4.69) is 5.32 Å². The highest BCUT2D eigenvalue weighted by Crippen LogP contribution is 2.41. The molecule has 4 heteroatoms. The van der Waals surface area contributed by atoms with Crippen LogP contribution in [0, 0.1) is 5.82 Å². The minimum atomic E-state index is -0.400. The molecule has 0 aromatic heterocycles. The Morgan fingerprint density at radius 3 is 2.93 bits per heavy atom. The average molecular weight is 228 g/mol. The topological polar surface area (TPSA) is 29.1 Å². The fraction of sp³-hybridized carbons (Fsp3) is 0.364. The Morgan fingerprint density at radius 2 is 2.33 bits per heavy atom. The van der Waals surface area contributed by atoms with Gasteiger partial charge in [0.2, 0.25) is 5.91 Å². The largest absolute Gasteiger partial charge is 0.353 e. The van der Waals surface area contributed by atoms with Crippen molar-refractivity contribution in [2.75, 3.05) is 0 Å². The monoisotopic (exact) mass is 227 g/mol. The van der Waals surface area contributed by atoms with Crippen LogP contribution in [0.1, 0.15) is 24.8 Å². The van der Waals surface area contributed by atoms with Gasteiger partial charge in [-0.05, 0) is 24.1 Å². The van der Waals surface area contributed by atoms with Crippen LogP contribution in [0.4, 0.5) is 4.39 Å². The molecule has 1 amide bonds. The van der Waals surface area contributed by atoms with Gasteiger partial charge in [0.25, 0.3) is 0 Å². The first-order chi connectivity index (χ1) is 7.08. The minimum absolute atomic E-state index is 0.0445. The summed E-state index contributed by atoms with van der Waals surface area (Å²) in [4.78, 5) is 10.8. The lowest BCUT2D eigenvalue weighted by atomic mass is 10.1. The third-order valence-corrected chi connectivity index (χ3v) is 2.86. The first-order valence-corrected chi connectivity index (χ1v) is 5.18. The van der Waals surface area contributed by atoms with Crippen LogP contribution in [-0.2, 0) is 4.79 Å². The Morgan fingerprint density at radius 1 is 1.60 bits per heavy atom. The van der Waals surface area contributed by atoms with Crippen molar-refractivity contribution >= 4 is 17.5 Å². The van der Waals surface area contributed by atoms with Crippen molar-refractivity contribution in [1.29, 1.82) is 0 Å². The van der Waals surface area contributed by atoms with Gasteiger partial charge in [-0.15, -0.1) is 0 Å². The van der Waals surface area contributed by atoms with Crippen LogP contribution in [0.25, 0.3) is 0 Å². The Hall–Kier alpha value is -1.09. The Kier molecular flexibility index (Phi) is 2.65. The number of hydrogen-bond acceptors (Lipinski definition) is 1. The molecule has 2 rings (SSSR count). The number of halogens is 2. The van der Waals surface area contributed by atoms with Crippen LogP contribution in [0.3, 0.4) is 0 Å². The third kappa shape index (κ3) is 2.29. The van der Waals surface area contributed by atoms with Crippen molar-refractivity contribution in [3.8, 4) is 0 Å². The molecule has 2 atom stereocenters. The van der Waals surface area contributed by atoms with E-state index in [0.717, 1.165) is 12.0 Å². The van der Waals surface area contributed by atoms with E-state index in [1.807, 2.05) is 0 Å². The molecule has 1 aliphatic rings. The molecule has 1 N–H and O–H groups in total. The van der Waals surface area contributed by atoms with Gasteiger partial charge in [-0.1, -0.05) is 17.7 Å². The first kappa shape index (κ1) is 10.4. The molecule has 1 aromatic rings. The molecular formula is C11H11ClFNO. The lowest BCUT2D eigenvalue weighted by molar-refractivity contribution is -0.119. The van der Waals surface area contributed by atoms with Crippen LogP contribution in [-0.4, -0.2) is 11.9 Å². The van der Waals surface area contributed by atoms with Crippen molar-refractivity contribution in [2.45, 2.75) is 25.3 Å². The average Bonchev–Trinajstić information content (AvgIpc) is 2.88. The molecule has 0 bridgehead atoms. The summed E-state index contributed by atoms with van der Waals surface area (Å²) in [6.45, 7) is 1.48. The van der Waals surface area contributed by atoms with Crippen LogP contribution in [0.5, 0.6) is 0 Å². The molecule has 1 saturated carbocycles. The van der Waals surface area contributed by atoms with Gasteiger partial charge in [0, 0.05) is 18.9 Å². The second kappa shape index (κ2) is 3.81. The van der Waals surface area contributed by atoms with Gasteiger partial charge >= 0.3 is 0 Å². The predicted octanol–water partition coefficient (Wildman–Crippen LogP) is 2.47. The lowest BCUT2D eigenvalue weighted by Crippen LogP contribution is -2.23. The maximum Gasteiger partial charge on any atom is 0.217 e. The zero-order valence-corrected chi connectivity index (χ0v) is 9.01. The number of amides is 1. The number of hydrogen-bond donors (Lipinski definition) is 1. The second-order valence-corrected chi connectivity index (χ2v) is 4.23. The second-order valence-electron chi connectivity index (χ2n) is 3.82. The standard InChI is InChI=1S/C11H11ClFNO/c1-6(15)14-11-5-8(11)7-2-3-9(12)10(13)4-7/h2-4,8,11H,5H2,1H3,(H,14,15)/t8-,11+/m0/s1. The quantitative estimate of drug-likeness (QED) is 0.826. The van der Waals surface area contributed by atoms with Crippen molar-refractivity contribution in [1.82, 2.24) is 5.32 Å². The third-order valence-electron chi connectivity index (χ3n) is 2.55. The van der Waals surface area contributed by atoms with E-state index in [1.54, 1.807) is 12.1 Å². The van der Waals surface area contributed by atoms with Crippen molar-refractivity contribution < 1.29 is 9.18 Å². The number of carbonyl (C=O) groups is 1. The van der Waals surface area contributed by atoms with E-state index >= 15 is 0 Å². The molecule has 0 aliphatic heterocycles. The maximum atomic E-state index is 13.1. The maximum absolute atomic E-state index is 13.1. The molecule has 1 aromatic carbocycles. The highest BCUT2D eigenvalue weighted by Gasteiger charge is 2.39. The highest BCUT2D eigenvalue weighted by molar-refractivity contribution is 6.30. The normalized spacial score (nSPS) is 23.7. The fourth-order valence-corrected chi connectivity index (χ4v) is 1.84. The van der Waals surface area contributed by atoms with Crippen LogP contribution in [0.15, 0.2) is 18.2 Å². The van der Waals surface area contributed by atoms with E-state index in [-0.39, 0.29) is 22.9 Å². The molecule has 0 saturated heterocycles. The Bertz CT molecular complexity index is 408. The minimum Gasteiger partial charge on any atom is -0.353 e. The van der Waals surface area contributed by atoms with Gasteiger partial charge in [-0.3, -0.25) is 4.79 Å². The SMILES string of the molecule is CC(=O)N[C@@H]1C[C@H]1c1ccc(Cl)c(F)c1. The summed E-state index contributed by atoms with van der Waals surface area (Å²) in [5.74, 6) is -0.208. The van der Waals surface area contributed by atoms with Crippen molar-refractivity contribution in [3.63, 3.8) is 0 Å². The Balaban J connectivity index is 2.07. The fourth-order valence-electron chi connectivity index (χ4n) is 1.73. The molecule has 0 spiro atoms.